The second-order valence-electron chi connectivity index (χ2n) is 6.50. The molecule has 0 bridgehead atoms. The van der Waals surface area contributed by atoms with Gasteiger partial charge in [0, 0.05) is 12.3 Å². The lowest BCUT2D eigenvalue weighted by molar-refractivity contribution is -0.121. The van der Waals surface area contributed by atoms with E-state index < -0.39 is 16.1 Å². The lowest BCUT2D eigenvalue weighted by atomic mass is 10.1. The minimum Gasteiger partial charge on any atom is -0.468 e. The Hall–Kier alpha value is -1.93. The van der Waals surface area contributed by atoms with Crippen molar-refractivity contribution in [2.24, 2.45) is 0 Å². The Labute approximate surface area is 165 Å². The third-order valence-electron chi connectivity index (χ3n) is 3.92. The van der Waals surface area contributed by atoms with Crippen LogP contribution in [0.1, 0.15) is 23.8 Å². The topological polar surface area (TPSA) is 79.6 Å². The van der Waals surface area contributed by atoms with Gasteiger partial charge in [-0.05, 0) is 56.2 Å². The van der Waals surface area contributed by atoms with Crippen LogP contribution in [0.2, 0.25) is 0 Å². The van der Waals surface area contributed by atoms with Crippen LogP contribution >= 0.6 is 11.8 Å². The quantitative estimate of drug-likeness (QED) is 0.643. The number of nitrogens with zero attached hydrogens (tertiary/aromatic N) is 1. The molecule has 8 heteroatoms. The van der Waals surface area contributed by atoms with E-state index in [-0.39, 0.29) is 5.91 Å². The molecule has 27 heavy (non-hydrogen) atoms. The van der Waals surface area contributed by atoms with Crippen LogP contribution in [0.4, 0.5) is 5.69 Å². The van der Waals surface area contributed by atoms with Gasteiger partial charge in [0.2, 0.25) is 15.9 Å². The first-order valence-corrected chi connectivity index (χ1v) is 11.6. The molecule has 1 heterocycles. The molecule has 0 saturated heterocycles. The van der Waals surface area contributed by atoms with Crippen molar-refractivity contribution in [2.75, 3.05) is 22.9 Å². The number of anilines is 1. The number of hydrogen-bond donors (Lipinski definition) is 1. The molecule has 2 aromatic rings. The summed E-state index contributed by atoms with van der Waals surface area (Å²) in [5, 5.41) is 2.82. The zero-order valence-electron chi connectivity index (χ0n) is 16.1. The summed E-state index contributed by atoms with van der Waals surface area (Å²) in [7, 11) is -3.61. The lowest BCUT2D eigenvalue weighted by Gasteiger charge is -2.28. The summed E-state index contributed by atoms with van der Waals surface area (Å²) in [6.07, 6.45) is 2.75. The van der Waals surface area contributed by atoms with Gasteiger partial charge in [-0.15, -0.1) is 0 Å². The molecule has 1 amide bonds. The first-order chi connectivity index (χ1) is 12.7. The average molecular weight is 411 g/mol. The third-order valence-corrected chi connectivity index (χ3v) is 6.14. The Morgan fingerprint density at radius 3 is 2.48 bits per heavy atom. The van der Waals surface area contributed by atoms with E-state index in [0.29, 0.717) is 18.0 Å². The molecule has 1 N–H and O–H groups in total. The molecule has 0 fully saturated rings. The summed E-state index contributed by atoms with van der Waals surface area (Å²) >= 11 is 1.64. The number of rotatable bonds is 9. The van der Waals surface area contributed by atoms with E-state index in [1.165, 1.54) is 4.31 Å². The van der Waals surface area contributed by atoms with Gasteiger partial charge in [-0.3, -0.25) is 9.10 Å². The van der Waals surface area contributed by atoms with Gasteiger partial charge in [-0.25, -0.2) is 8.42 Å². The number of amides is 1. The van der Waals surface area contributed by atoms with E-state index in [0.717, 1.165) is 28.9 Å². The Morgan fingerprint density at radius 2 is 1.93 bits per heavy atom. The zero-order chi connectivity index (χ0) is 20.0. The highest BCUT2D eigenvalue weighted by atomic mass is 32.2. The second-order valence-corrected chi connectivity index (χ2v) is 9.47. The largest absolute Gasteiger partial charge is 0.468 e. The summed E-state index contributed by atoms with van der Waals surface area (Å²) in [5.41, 5.74) is 2.39. The van der Waals surface area contributed by atoms with Crippen molar-refractivity contribution in [1.82, 2.24) is 5.32 Å². The van der Waals surface area contributed by atoms with E-state index in [1.807, 2.05) is 32.0 Å². The Kier molecular flexibility index (Phi) is 7.38. The van der Waals surface area contributed by atoms with Gasteiger partial charge < -0.3 is 9.73 Å². The molecule has 1 atom stereocenters. The van der Waals surface area contributed by atoms with Crippen LogP contribution in [0.15, 0.2) is 41.0 Å². The number of carbonyl (C=O) groups is 1. The Morgan fingerprint density at radius 1 is 1.26 bits per heavy atom. The monoisotopic (exact) mass is 410 g/mol. The molecule has 0 spiro atoms. The summed E-state index contributed by atoms with van der Waals surface area (Å²) in [4.78, 5) is 12.5. The van der Waals surface area contributed by atoms with Crippen LogP contribution < -0.4 is 9.62 Å². The fourth-order valence-corrected chi connectivity index (χ4v) is 4.76. The highest BCUT2D eigenvalue weighted by Crippen LogP contribution is 2.24. The Balaban J connectivity index is 1.98. The molecule has 0 saturated carbocycles. The summed E-state index contributed by atoms with van der Waals surface area (Å²) < 4.78 is 31.1. The molecule has 0 radical (unpaired) electrons. The summed E-state index contributed by atoms with van der Waals surface area (Å²) in [6, 6.07) is 8.42. The second kappa shape index (κ2) is 9.32. The van der Waals surface area contributed by atoms with Gasteiger partial charge in [0.25, 0.3) is 0 Å². The predicted octanol–water partition coefficient (Wildman–Crippen LogP) is 3.10. The molecule has 0 aliphatic rings. The molecular formula is C19H26N2O4S2. The summed E-state index contributed by atoms with van der Waals surface area (Å²) in [5.74, 6) is 2.01. The molecule has 148 valence electrons. The van der Waals surface area contributed by atoms with Gasteiger partial charge in [0.15, 0.2) is 0 Å². The standard InChI is InChI=1S/C19H26N2O4S2/c1-14-10-15(2)12-17(11-14)21(27(4,23)24)16(3)19(22)20-7-9-26-13-18-6-5-8-25-18/h5-6,8,10-12,16H,7,9,13H2,1-4H3,(H,20,22)/t16-/m0/s1. The molecular weight excluding hydrogens is 384 g/mol. The molecule has 0 unspecified atom stereocenters. The maximum absolute atomic E-state index is 12.5. The zero-order valence-corrected chi connectivity index (χ0v) is 17.7. The molecule has 1 aromatic carbocycles. The van der Waals surface area contributed by atoms with Crippen molar-refractivity contribution in [3.8, 4) is 0 Å². The molecule has 0 aliphatic heterocycles. The van der Waals surface area contributed by atoms with E-state index in [9.17, 15) is 13.2 Å². The van der Waals surface area contributed by atoms with Crippen molar-refractivity contribution in [2.45, 2.75) is 32.6 Å². The van der Waals surface area contributed by atoms with Crippen LogP contribution in [-0.4, -0.2) is 38.9 Å². The van der Waals surface area contributed by atoms with Crippen LogP contribution in [0.3, 0.4) is 0 Å². The number of carbonyl (C=O) groups excluding carboxylic acids is 1. The smallest absolute Gasteiger partial charge is 0.243 e. The molecule has 1 aromatic heterocycles. The summed E-state index contributed by atoms with van der Waals surface area (Å²) in [6.45, 7) is 5.86. The van der Waals surface area contributed by atoms with Crippen molar-refractivity contribution in [1.29, 1.82) is 0 Å². The average Bonchev–Trinajstić information content (AvgIpc) is 3.05. The Bertz CT molecular complexity index is 844. The van der Waals surface area contributed by atoms with Gasteiger partial charge >= 0.3 is 0 Å². The van der Waals surface area contributed by atoms with Gasteiger partial charge in [0.05, 0.1) is 24.0 Å². The number of sulfonamides is 1. The molecule has 6 nitrogen and oxygen atoms in total. The highest BCUT2D eigenvalue weighted by Gasteiger charge is 2.29. The van der Waals surface area contributed by atoms with Crippen molar-refractivity contribution >= 4 is 33.4 Å². The molecule has 2 rings (SSSR count). The minimum atomic E-state index is -3.61. The van der Waals surface area contributed by atoms with E-state index in [4.69, 9.17) is 4.42 Å². The number of aryl methyl sites for hydroxylation is 2. The third kappa shape index (κ3) is 6.32. The van der Waals surface area contributed by atoms with Crippen molar-refractivity contribution in [3.05, 3.63) is 53.5 Å². The number of thioether (sulfide) groups is 1. The normalized spacial score (nSPS) is 12.6. The van der Waals surface area contributed by atoms with Crippen molar-refractivity contribution < 1.29 is 17.6 Å². The van der Waals surface area contributed by atoms with Crippen LogP contribution in [0, 0.1) is 13.8 Å². The number of furan rings is 1. The van der Waals surface area contributed by atoms with Crippen LogP contribution in [0.5, 0.6) is 0 Å². The number of nitrogens with one attached hydrogen (secondary N) is 1. The minimum absolute atomic E-state index is 0.321. The maximum atomic E-state index is 12.5. The first-order valence-electron chi connectivity index (χ1n) is 8.64. The van der Waals surface area contributed by atoms with E-state index >= 15 is 0 Å². The first kappa shape index (κ1) is 21.4. The van der Waals surface area contributed by atoms with E-state index in [1.54, 1.807) is 37.1 Å². The maximum Gasteiger partial charge on any atom is 0.243 e. The van der Waals surface area contributed by atoms with Crippen LogP contribution in [0.25, 0.3) is 0 Å². The SMILES string of the molecule is Cc1cc(C)cc(N([C@@H](C)C(=O)NCCSCc2ccco2)S(C)(=O)=O)c1. The van der Waals surface area contributed by atoms with Gasteiger partial charge in [0.1, 0.15) is 11.8 Å². The van der Waals surface area contributed by atoms with Gasteiger partial charge in [-0.2, -0.15) is 11.8 Å². The highest BCUT2D eigenvalue weighted by molar-refractivity contribution is 7.98. The lowest BCUT2D eigenvalue weighted by Crippen LogP contribution is -2.48. The van der Waals surface area contributed by atoms with E-state index in [2.05, 4.69) is 5.32 Å². The van der Waals surface area contributed by atoms with Gasteiger partial charge in [-0.1, -0.05) is 6.07 Å². The molecule has 0 aliphatic carbocycles. The fourth-order valence-electron chi connectivity index (χ4n) is 2.85. The van der Waals surface area contributed by atoms with Crippen LogP contribution in [-0.2, 0) is 20.6 Å². The number of benzene rings is 1. The fraction of sp³-hybridized carbons (Fsp3) is 0.421. The van der Waals surface area contributed by atoms with Crippen molar-refractivity contribution in [3.63, 3.8) is 0 Å². The predicted molar refractivity (Wildman–Crippen MR) is 111 cm³/mol. The number of hydrogen-bond acceptors (Lipinski definition) is 5.